The quantitative estimate of drug-likeness (QED) is 0.574. The lowest BCUT2D eigenvalue weighted by Crippen LogP contribution is -2.34. The summed E-state index contributed by atoms with van der Waals surface area (Å²) in [7, 11) is 0. The number of urea groups is 1. The van der Waals surface area contributed by atoms with E-state index in [-0.39, 0.29) is 18.7 Å². The summed E-state index contributed by atoms with van der Waals surface area (Å²) in [5.74, 6) is -2.56. The van der Waals surface area contributed by atoms with Gasteiger partial charge in [0.15, 0.2) is 0 Å². The van der Waals surface area contributed by atoms with Gasteiger partial charge in [-0.25, -0.2) is 28.3 Å². The van der Waals surface area contributed by atoms with Gasteiger partial charge in [0.05, 0.1) is 29.1 Å². The summed E-state index contributed by atoms with van der Waals surface area (Å²) in [6.07, 6.45) is 2.84. The number of hydrogen-bond acceptors (Lipinski definition) is 4. The van der Waals surface area contributed by atoms with Crippen LogP contribution in [0, 0.1) is 0 Å². The van der Waals surface area contributed by atoms with Crippen LogP contribution in [0.15, 0.2) is 36.8 Å². The van der Waals surface area contributed by atoms with Gasteiger partial charge in [-0.1, -0.05) is 11.6 Å². The number of carbonyl (C=O) groups is 2. The number of rotatable bonds is 3. The van der Waals surface area contributed by atoms with E-state index in [4.69, 9.17) is 16.7 Å². The van der Waals surface area contributed by atoms with Gasteiger partial charge in [-0.3, -0.25) is 9.72 Å². The smallest absolute Gasteiger partial charge is 0.409 e. The number of carboxylic acid groups (broad SMARTS) is 1. The Balaban J connectivity index is 1.58. The largest absolute Gasteiger partial charge is 0.465 e. The number of alkyl halides is 2. The summed E-state index contributed by atoms with van der Waals surface area (Å²) < 4.78 is 28.2. The molecule has 0 radical (unpaired) electrons. The molecule has 1 fully saturated rings. The van der Waals surface area contributed by atoms with Crippen LogP contribution in [0.25, 0.3) is 17.0 Å². The van der Waals surface area contributed by atoms with Crippen molar-refractivity contribution in [1.82, 2.24) is 19.3 Å². The molecule has 3 heterocycles. The number of amides is 3. The second kappa shape index (κ2) is 7.41. The molecule has 9 nitrogen and oxygen atoms in total. The van der Waals surface area contributed by atoms with Crippen LogP contribution in [0.5, 0.6) is 0 Å². The third-order valence-corrected chi connectivity index (χ3v) is 4.84. The maximum atomic E-state index is 13.3. The Morgan fingerprint density at radius 1 is 1.20 bits per heavy atom. The molecule has 0 bridgehead atoms. The van der Waals surface area contributed by atoms with Crippen molar-refractivity contribution >= 4 is 40.9 Å². The fourth-order valence-electron chi connectivity index (χ4n) is 3.11. The predicted octanol–water partition coefficient (Wildman–Crippen LogP) is 4.01. The highest BCUT2D eigenvalue weighted by Crippen LogP contribution is 2.31. The van der Waals surface area contributed by atoms with Crippen molar-refractivity contribution in [2.75, 3.05) is 23.7 Å². The van der Waals surface area contributed by atoms with Crippen molar-refractivity contribution in [3.63, 3.8) is 0 Å². The van der Waals surface area contributed by atoms with Crippen LogP contribution >= 0.6 is 11.6 Å². The zero-order valence-corrected chi connectivity index (χ0v) is 16.0. The number of hydrogen-bond donors (Lipinski definition) is 3. The Bertz CT molecular complexity index is 1150. The molecule has 1 aromatic carbocycles. The average molecular weight is 437 g/mol. The van der Waals surface area contributed by atoms with Crippen LogP contribution in [0.2, 0.25) is 5.02 Å². The standard InChI is InChI=1S/C18H15ClF2N6O3/c19-13-2-1-10(23-16(28)26-4-3-18(20,21)9-26)5-12(13)14-8-27-7-11(24-17(29)30)6-22-15(27)25-14/h1-2,5-8,24H,3-4,9H2,(H,23,28)(H,29,30). The molecule has 1 aliphatic rings. The van der Waals surface area contributed by atoms with Gasteiger partial charge in [0.1, 0.15) is 0 Å². The molecule has 3 aromatic rings. The number of halogens is 3. The van der Waals surface area contributed by atoms with Gasteiger partial charge in [0.25, 0.3) is 5.92 Å². The minimum atomic E-state index is -2.87. The van der Waals surface area contributed by atoms with E-state index >= 15 is 0 Å². The van der Waals surface area contributed by atoms with Gasteiger partial charge in [-0.15, -0.1) is 0 Å². The molecule has 0 saturated carbocycles. The number of nitrogens with one attached hydrogen (secondary N) is 2. The maximum absolute atomic E-state index is 13.3. The van der Waals surface area contributed by atoms with Crippen LogP contribution < -0.4 is 10.6 Å². The van der Waals surface area contributed by atoms with E-state index in [1.54, 1.807) is 24.4 Å². The fraction of sp³-hybridized carbons (Fsp3) is 0.222. The zero-order valence-electron chi connectivity index (χ0n) is 15.3. The number of anilines is 2. The molecule has 30 heavy (non-hydrogen) atoms. The lowest BCUT2D eigenvalue weighted by atomic mass is 10.1. The SMILES string of the molecule is O=C(O)Nc1cnc2nc(-c3cc(NC(=O)N4CCC(F)(F)C4)ccc3Cl)cn2c1. The summed E-state index contributed by atoms with van der Waals surface area (Å²) >= 11 is 6.28. The molecule has 0 aliphatic carbocycles. The highest BCUT2D eigenvalue weighted by molar-refractivity contribution is 6.33. The van der Waals surface area contributed by atoms with Crippen LogP contribution in [0.4, 0.5) is 29.7 Å². The lowest BCUT2D eigenvalue weighted by Gasteiger charge is -2.17. The molecule has 0 unspecified atom stereocenters. The summed E-state index contributed by atoms with van der Waals surface area (Å²) in [4.78, 5) is 32.5. The van der Waals surface area contributed by atoms with Crippen molar-refractivity contribution in [1.29, 1.82) is 0 Å². The topological polar surface area (TPSA) is 112 Å². The second-order valence-electron chi connectivity index (χ2n) is 6.76. The Morgan fingerprint density at radius 3 is 2.70 bits per heavy atom. The number of aromatic nitrogens is 3. The van der Waals surface area contributed by atoms with Gasteiger partial charge in [-0.2, -0.15) is 0 Å². The molecule has 12 heteroatoms. The number of fused-ring (bicyclic) bond motifs is 1. The minimum absolute atomic E-state index is 0.0237. The normalized spacial score (nSPS) is 15.4. The molecule has 0 atom stereocenters. The molecular weight excluding hydrogens is 422 g/mol. The van der Waals surface area contributed by atoms with Gasteiger partial charge < -0.3 is 15.3 Å². The van der Waals surface area contributed by atoms with Crippen LogP contribution in [-0.2, 0) is 0 Å². The van der Waals surface area contributed by atoms with E-state index in [2.05, 4.69) is 20.6 Å². The van der Waals surface area contributed by atoms with Crippen LogP contribution in [0.3, 0.4) is 0 Å². The van der Waals surface area contributed by atoms with Gasteiger partial charge in [-0.05, 0) is 18.2 Å². The lowest BCUT2D eigenvalue weighted by molar-refractivity contribution is 0.0159. The number of imidazole rings is 1. The van der Waals surface area contributed by atoms with Crippen molar-refractivity contribution in [2.24, 2.45) is 0 Å². The van der Waals surface area contributed by atoms with E-state index in [0.717, 1.165) is 4.90 Å². The highest BCUT2D eigenvalue weighted by Gasteiger charge is 2.40. The zero-order chi connectivity index (χ0) is 21.5. The summed E-state index contributed by atoms with van der Waals surface area (Å²) in [6.45, 7) is -0.645. The number of nitrogens with zero attached hydrogens (tertiary/aromatic N) is 4. The first-order valence-corrected chi connectivity index (χ1v) is 9.16. The fourth-order valence-corrected chi connectivity index (χ4v) is 3.33. The average Bonchev–Trinajstić information content (AvgIpc) is 3.25. The van der Waals surface area contributed by atoms with Gasteiger partial charge in [0, 0.05) is 36.6 Å². The first-order chi connectivity index (χ1) is 14.2. The molecule has 2 aromatic heterocycles. The van der Waals surface area contributed by atoms with Crippen LogP contribution in [0.1, 0.15) is 6.42 Å². The summed E-state index contributed by atoms with van der Waals surface area (Å²) in [5, 5.41) is 13.9. The minimum Gasteiger partial charge on any atom is -0.465 e. The molecule has 1 aliphatic heterocycles. The molecular formula is C18H15ClF2N6O3. The van der Waals surface area contributed by atoms with Gasteiger partial charge >= 0.3 is 12.1 Å². The summed E-state index contributed by atoms with van der Waals surface area (Å²) in [5.41, 5.74) is 1.55. The Morgan fingerprint density at radius 2 is 2.00 bits per heavy atom. The number of carbonyl (C=O) groups excluding carboxylic acids is 1. The van der Waals surface area contributed by atoms with Crippen molar-refractivity contribution < 1.29 is 23.5 Å². The number of benzene rings is 1. The Hall–Kier alpha value is -3.47. The maximum Gasteiger partial charge on any atom is 0.409 e. The van der Waals surface area contributed by atoms with Gasteiger partial charge in [0.2, 0.25) is 5.78 Å². The van der Waals surface area contributed by atoms with E-state index in [1.165, 1.54) is 16.8 Å². The molecule has 1 saturated heterocycles. The van der Waals surface area contributed by atoms with Crippen molar-refractivity contribution in [3.8, 4) is 11.3 Å². The van der Waals surface area contributed by atoms with E-state index < -0.39 is 24.6 Å². The summed E-state index contributed by atoms with van der Waals surface area (Å²) in [6, 6.07) is 4.06. The van der Waals surface area contributed by atoms with E-state index in [0.29, 0.717) is 27.7 Å². The molecule has 0 spiro atoms. The second-order valence-corrected chi connectivity index (χ2v) is 7.17. The molecule has 3 amide bonds. The predicted molar refractivity (Wildman–Crippen MR) is 105 cm³/mol. The molecule has 156 valence electrons. The first-order valence-electron chi connectivity index (χ1n) is 8.79. The highest BCUT2D eigenvalue weighted by atomic mass is 35.5. The number of likely N-dealkylation sites (tertiary alicyclic amines) is 1. The molecule has 4 rings (SSSR count). The first kappa shape index (κ1) is 19.8. The third kappa shape index (κ3) is 4.10. The third-order valence-electron chi connectivity index (χ3n) is 4.51. The Kier molecular flexibility index (Phi) is 4.90. The van der Waals surface area contributed by atoms with Crippen molar-refractivity contribution in [2.45, 2.75) is 12.3 Å². The monoisotopic (exact) mass is 436 g/mol. The van der Waals surface area contributed by atoms with E-state index in [9.17, 15) is 18.4 Å². The molecule has 3 N–H and O–H groups in total. The van der Waals surface area contributed by atoms with Crippen molar-refractivity contribution in [3.05, 3.63) is 41.8 Å². The van der Waals surface area contributed by atoms with E-state index in [1.807, 2.05) is 0 Å². The van der Waals surface area contributed by atoms with Crippen LogP contribution in [-0.4, -0.2) is 55.5 Å². The Labute approximate surface area is 173 Å².